The summed E-state index contributed by atoms with van der Waals surface area (Å²) in [6, 6.07) is 14.2. The largest absolute Gasteiger partial charge is 0.379 e. The Balaban J connectivity index is 1.71. The second-order valence-corrected chi connectivity index (χ2v) is 5.60. The van der Waals surface area contributed by atoms with Gasteiger partial charge in [-0.1, -0.05) is 18.2 Å². The van der Waals surface area contributed by atoms with Crippen LogP contribution < -0.4 is 5.32 Å². The van der Waals surface area contributed by atoms with Gasteiger partial charge in [0.1, 0.15) is 0 Å². The minimum atomic E-state index is 0.698. The summed E-state index contributed by atoms with van der Waals surface area (Å²) in [5, 5.41) is 7.69. The van der Waals surface area contributed by atoms with E-state index in [1.807, 2.05) is 47.4 Å². The smallest absolute Gasteiger partial charge is 0.0679 e. The number of hydrogen-bond acceptors (Lipinski definition) is 3. The van der Waals surface area contributed by atoms with E-state index in [1.165, 1.54) is 5.56 Å². The van der Waals surface area contributed by atoms with Crippen LogP contribution in [0.1, 0.15) is 11.3 Å². The lowest BCUT2D eigenvalue weighted by molar-refractivity contribution is 0.687. The van der Waals surface area contributed by atoms with Crippen LogP contribution in [0.3, 0.4) is 0 Å². The second kappa shape index (κ2) is 6.54. The quantitative estimate of drug-likeness (QED) is 0.768. The highest BCUT2D eigenvalue weighted by atomic mass is 79.9. The molecule has 0 spiro atoms. The van der Waals surface area contributed by atoms with Gasteiger partial charge in [0.15, 0.2) is 0 Å². The van der Waals surface area contributed by atoms with Gasteiger partial charge in [0.05, 0.1) is 18.8 Å². The topological polar surface area (TPSA) is 42.7 Å². The van der Waals surface area contributed by atoms with Crippen molar-refractivity contribution in [1.29, 1.82) is 0 Å². The predicted octanol–water partition coefficient (Wildman–Crippen LogP) is 3.70. The van der Waals surface area contributed by atoms with Gasteiger partial charge in [-0.2, -0.15) is 5.10 Å². The third-order valence-corrected chi connectivity index (χ3v) is 3.63. The molecule has 1 aromatic carbocycles. The SMILES string of the molecule is Brc1ccc(CNc2ccccc2Cn2cccn2)nc1. The van der Waals surface area contributed by atoms with Gasteiger partial charge in [-0.25, -0.2) is 0 Å². The van der Waals surface area contributed by atoms with Gasteiger partial charge in [0.2, 0.25) is 0 Å². The number of aromatic nitrogens is 3. The normalized spacial score (nSPS) is 10.5. The summed E-state index contributed by atoms with van der Waals surface area (Å²) in [4.78, 5) is 4.37. The number of benzene rings is 1. The molecule has 2 aromatic heterocycles. The Morgan fingerprint density at radius 3 is 2.76 bits per heavy atom. The molecule has 0 fully saturated rings. The van der Waals surface area contributed by atoms with E-state index in [0.29, 0.717) is 6.54 Å². The van der Waals surface area contributed by atoms with Gasteiger partial charge < -0.3 is 5.32 Å². The van der Waals surface area contributed by atoms with Crippen molar-refractivity contribution in [3.8, 4) is 0 Å². The van der Waals surface area contributed by atoms with Crippen molar-refractivity contribution in [1.82, 2.24) is 14.8 Å². The molecule has 1 N–H and O–H groups in total. The van der Waals surface area contributed by atoms with Crippen LogP contribution in [0, 0.1) is 0 Å². The molecule has 4 nitrogen and oxygen atoms in total. The predicted molar refractivity (Wildman–Crippen MR) is 87.0 cm³/mol. The van der Waals surface area contributed by atoms with Crippen LogP contribution in [0.5, 0.6) is 0 Å². The van der Waals surface area contributed by atoms with E-state index in [-0.39, 0.29) is 0 Å². The molecule has 0 amide bonds. The van der Waals surface area contributed by atoms with E-state index in [2.05, 4.69) is 43.5 Å². The van der Waals surface area contributed by atoms with Crippen molar-refractivity contribution >= 4 is 21.6 Å². The van der Waals surface area contributed by atoms with Crippen LogP contribution >= 0.6 is 15.9 Å². The maximum absolute atomic E-state index is 4.37. The average Bonchev–Trinajstić information content (AvgIpc) is 3.01. The van der Waals surface area contributed by atoms with E-state index in [4.69, 9.17) is 0 Å². The summed E-state index contributed by atoms with van der Waals surface area (Å²) in [6.07, 6.45) is 5.57. The molecule has 0 aliphatic heterocycles. The Bertz CT molecular complexity index is 693. The number of hydrogen-bond donors (Lipinski definition) is 1. The fraction of sp³-hybridized carbons (Fsp3) is 0.125. The summed E-state index contributed by atoms with van der Waals surface area (Å²) in [7, 11) is 0. The lowest BCUT2D eigenvalue weighted by Crippen LogP contribution is -2.07. The minimum absolute atomic E-state index is 0.698. The lowest BCUT2D eigenvalue weighted by Gasteiger charge is -2.12. The molecule has 21 heavy (non-hydrogen) atoms. The number of anilines is 1. The van der Waals surface area contributed by atoms with Gasteiger partial charge in [-0.3, -0.25) is 9.67 Å². The molecular weight excluding hydrogens is 328 g/mol. The molecule has 0 saturated heterocycles. The van der Waals surface area contributed by atoms with E-state index in [0.717, 1.165) is 22.4 Å². The van der Waals surface area contributed by atoms with Crippen molar-refractivity contribution in [2.45, 2.75) is 13.1 Å². The molecule has 0 aliphatic rings. The lowest BCUT2D eigenvalue weighted by atomic mass is 10.1. The first-order valence-electron chi connectivity index (χ1n) is 6.71. The molecule has 5 heteroatoms. The number of pyridine rings is 1. The maximum Gasteiger partial charge on any atom is 0.0679 e. The zero-order valence-electron chi connectivity index (χ0n) is 11.4. The highest BCUT2D eigenvalue weighted by Gasteiger charge is 2.03. The summed E-state index contributed by atoms with van der Waals surface area (Å²) < 4.78 is 2.91. The molecule has 3 rings (SSSR count). The third kappa shape index (κ3) is 3.70. The summed E-state index contributed by atoms with van der Waals surface area (Å²) >= 11 is 3.39. The molecular formula is C16H15BrN4. The van der Waals surface area contributed by atoms with Gasteiger partial charge in [-0.15, -0.1) is 0 Å². The van der Waals surface area contributed by atoms with Gasteiger partial charge in [-0.05, 0) is 45.8 Å². The Morgan fingerprint density at radius 1 is 1.10 bits per heavy atom. The Kier molecular flexibility index (Phi) is 4.31. The summed E-state index contributed by atoms with van der Waals surface area (Å²) in [5.74, 6) is 0. The first-order chi connectivity index (χ1) is 10.3. The first-order valence-corrected chi connectivity index (χ1v) is 7.50. The number of nitrogens with one attached hydrogen (secondary N) is 1. The van der Waals surface area contributed by atoms with Crippen LogP contribution in [-0.2, 0) is 13.1 Å². The molecule has 0 saturated carbocycles. The van der Waals surface area contributed by atoms with Crippen LogP contribution in [0.4, 0.5) is 5.69 Å². The molecule has 0 atom stereocenters. The molecule has 0 aliphatic carbocycles. The molecule has 0 bridgehead atoms. The maximum atomic E-state index is 4.37. The second-order valence-electron chi connectivity index (χ2n) is 4.68. The van der Waals surface area contributed by atoms with Gasteiger partial charge >= 0.3 is 0 Å². The van der Waals surface area contributed by atoms with Crippen LogP contribution in [0.2, 0.25) is 0 Å². The molecule has 0 radical (unpaired) electrons. The van der Waals surface area contributed by atoms with E-state index < -0.39 is 0 Å². The Morgan fingerprint density at radius 2 is 2.00 bits per heavy atom. The molecule has 3 aromatic rings. The highest BCUT2D eigenvalue weighted by Crippen LogP contribution is 2.17. The van der Waals surface area contributed by atoms with Crippen molar-refractivity contribution in [3.05, 3.63) is 76.8 Å². The van der Waals surface area contributed by atoms with Crippen LogP contribution in [0.25, 0.3) is 0 Å². The molecule has 2 heterocycles. The minimum Gasteiger partial charge on any atom is -0.379 e. The standard InChI is InChI=1S/C16H15BrN4/c17-14-6-7-15(18-10-14)11-19-16-5-2-1-4-13(16)12-21-9-3-8-20-21/h1-10,19H,11-12H2. The Hall–Kier alpha value is -2.14. The summed E-state index contributed by atoms with van der Waals surface area (Å²) in [6.45, 7) is 1.45. The molecule has 0 unspecified atom stereocenters. The first kappa shape index (κ1) is 13.8. The number of nitrogens with zero attached hydrogens (tertiary/aromatic N) is 3. The fourth-order valence-electron chi connectivity index (χ4n) is 2.10. The van der Waals surface area contributed by atoms with Crippen molar-refractivity contribution in [2.24, 2.45) is 0 Å². The zero-order valence-corrected chi connectivity index (χ0v) is 13.0. The monoisotopic (exact) mass is 342 g/mol. The van der Waals surface area contributed by atoms with Gasteiger partial charge in [0, 0.05) is 28.8 Å². The van der Waals surface area contributed by atoms with Gasteiger partial charge in [0.25, 0.3) is 0 Å². The Labute approximate surface area is 132 Å². The fourth-order valence-corrected chi connectivity index (χ4v) is 2.33. The van der Waals surface area contributed by atoms with E-state index in [1.54, 1.807) is 6.20 Å². The zero-order chi connectivity index (χ0) is 14.5. The number of para-hydroxylation sites is 1. The van der Waals surface area contributed by atoms with Crippen LogP contribution in [0.15, 0.2) is 65.5 Å². The van der Waals surface area contributed by atoms with Crippen molar-refractivity contribution in [2.75, 3.05) is 5.32 Å². The summed E-state index contributed by atoms with van der Waals surface area (Å²) in [5.41, 5.74) is 3.32. The van der Waals surface area contributed by atoms with Crippen molar-refractivity contribution in [3.63, 3.8) is 0 Å². The van der Waals surface area contributed by atoms with E-state index >= 15 is 0 Å². The van der Waals surface area contributed by atoms with Crippen molar-refractivity contribution < 1.29 is 0 Å². The number of rotatable bonds is 5. The third-order valence-electron chi connectivity index (χ3n) is 3.16. The highest BCUT2D eigenvalue weighted by molar-refractivity contribution is 9.10. The van der Waals surface area contributed by atoms with E-state index in [9.17, 15) is 0 Å². The van der Waals surface area contributed by atoms with Crippen LogP contribution in [-0.4, -0.2) is 14.8 Å². The number of halogens is 1. The average molecular weight is 343 g/mol. The molecule has 106 valence electrons.